The molecule has 5 rings (SSSR count). The molecular weight excluding hydrogens is 612 g/mol. The molecule has 0 aliphatic heterocycles. The Morgan fingerprint density at radius 3 is 1.53 bits per heavy atom. The maximum Gasteiger partial charge on any atom is 0.335 e. The van der Waals surface area contributed by atoms with Gasteiger partial charge in [0.15, 0.2) is 0 Å². The van der Waals surface area contributed by atoms with Crippen LogP contribution in [-0.2, 0) is 0 Å². The first-order valence-electron chi connectivity index (χ1n) is 13.6. The summed E-state index contributed by atoms with van der Waals surface area (Å²) < 4.78 is 11.4. The predicted octanol–water partition coefficient (Wildman–Crippen LogP) is 7.29. The fraction of sp³-hybridized carbons (Fsp3) is 0. The van der Waals surface area contributed by atoms with Crippen LogP contribution in [0.2, 0.25) is 0 Å². The average molecular weight is 635 g/mol. The molecule has 0 aliphatic carbocycles. The van der Waals surface area contributed by atoms with Crippen LogP contribution in [0.25, 0.3) is 0 Å². The van der Waals surface area contributed by atoms with Crippen molar-refractivity contribution in [2.24, 2.45) is 0 Å². The standard InChI is InChI=1S/C33H22N4O10/c38-31(20-2-1-3-30(19-20)47-29-14-8-26(9-15-29)37(44)45)35-24-17-21(16-22(18-24)33(40)41)32(39)34-23-4-10-27(11-5-23)46-28-12-6-25(7-13-28)36(42)43/h1-19H,(H,34,39)(H,35,38)(H,40,41). The normalized spacial score (nSPS) is 10.4. The first-order chi connectivity index (χ1) is 22.5. The summed E-state index contributed by atoms with van der Waals surface area (Å²) in [7, 11) is 0. The molecule has 14 nitrogen and oxygen atoms in total. The van der Waals surface area contributed by atoms with E-state index in [2.05, 4.69) is 10.6 Å². The number of anilines is 2. The molecule has 2 amide bonds. The number of aromatic carboxylic acids is 1. The van der Waals surface area contributed by atoms with Crippen LogP contribution < -0.4 is 20.1 Å². The molecule has 0 bridgehead atoms. The molecule has 0 heterocycles. The van der Waals surface area contributed by atoms with Crippen LogP contribution in [0.4, 0.5) is 22.7 Å². The zero-order valence-electron chi connectivity index (χ0n) is 24.0. The fourth-order valence-corrected chi connectivity index (χ4v) is 4.21. The molecule has 0 aromatic heterocycles. The number of amides is 2. The molecular formula is C33H22N4O10. The lowest BCUT2D eigenvalue weighted by Crippen LogP contribution is -2.16. The highest BCUT2D eigenvalue weighted by molar-refractivity contribution is 6.09. The molecule has 0 fully saturated rings. The zero-order valence-corrected chi connectivity index (χ0v) is 24.0. The number of nitrogens with zero attached hydrogens (tertiary/aromatic N) is 2. The van der Waals surface area contributed by atoms with E-state index in [9.17, 15) is 39.7 Å². The predicted molar refractivity (Wildman–Crippen MR) is 169 cm³/mol. The van der Waals surface area contributed by atoms with E-state index in [4.69, 9.17) is 9.47 Å². The van der Waals surface area contributed by atoms with Gasteiger partial charge in [-0.1, -0.05) is 6.07 Å². The number of carbonyl (C=O) groups is 3. The Hall–Kier alpha value is -7.09. The molecule has 47 heavy (non-hydrogen) atoms. The second-order valence-corrected chi connectivity index (χ2v) is 9.77. The first-order valence-corrected chi connectivity index (χ1v) is 13.6. The Morgan fingerprint density at radius 1 is 0.532 bits per heavy atom. The third kappa shape index (κ3) is 8.10. The van der Waals surface area contributed by atoms with Gasteiger partial charge in [-0.3, -0.25) is 29.8 Å². The largest absolute Gasteiger partial charge is 0.478 e. The zero-order chi connectivity index (χ0) is 33.5. The summed E-state index contributed by atoms with van der Waals surface area (Å²) in [6, 6.07) is 26.9. The second-order valence-electron chi connectivity index (χ2n) is 9.77. The second kappa shape index (κ2) is 13.7. The van der Waals surface area contributed by atoms with Gasteiger partial charge in [0.1, 0.15) is 23.0 Å². The van der Waals surface area contributed by atoms with E-state index in [1.807, 2.05) is 0 Å². The van der Waals surface area contributed by atoms with Crippen molar-refractivity contribution in [2.75, 3.05) is 10.6 Å². The minimum atomic E-state index is -1.32. The number of hydrogen-bond donors (Lipinski definition) is 3. The molecule has 234 valence electrons. The third-order valence-corrected chi connectivity index (χ3v) is 6.47. The van der Waals surface area contributed by atoms with E-state index in [1.165, 1.54) is 72.8 Å². The number of nitro groups is 2. The smallest absolute Gasteiger partial charge is 0.335 e. The summed E-state index contributed by atoms with van der Waals surface area (Å²) >= 11 is 0. The number of carboxylic acids is 1. The number of carboxylic acid groups (broad SMARTS) is 1. The van der Waals surface area contributed by atoms with Gasteiger partial charge >= 0.3 is 5.97 Å². The Bertz CT molecular complexity index is 1990. The average Bonchev–Trinajstić information content (AvgIpc) is 3.06. The van der Waals surface area contributed by atoms with Crippen molar-refractivity contribution in [3.05, 3.63) is 152 Å². The monoisotopic (exact) mass is 634 g/mol. The van der Waals surface area contributed by atoms with Crippen LogP contribution in [0.3, 0.4) is 0 Å². The maximum absolute atomic E-state index is 13.1. The number of rotatable bonds is 11. The number of nitrogens with one attached hydrogen (secondary N) is 2. The Kier molecular flexibility index (Phi) is 9.13. The van der Waals surface area contributed by atoms with Crippen molar-refractivity contribution in [1.82, 2.24) is 0 Å². The fourth-order valence-electron chi connectivity index (χ4n) is 4.21. The van der Waals surface area contributed by atoms with Gasteiger partial charge < -0.3 is 25.2 Å². The van der Waals surface area contributed by atoms with Crippen molar-refractivity contribution in [3.63, 3.8) is 0 Å². The molecule has 0 unspecified atom stereocenters. The van der Waals surface area contributed by atoms with Gasteiger partial charge in [-0.25, -0.2) is 4.79 Å². The molecule has 0 aliphatic rings. The van der Waals surface area contributed by atoms with Gasteiger partial charge in [0.05, 0.1) is 15.4 Å². The highest BCUT2D eigenvalue weighted by Gasteiger charge is 2.16. The number of nitro benzene ring substituents is 2. The Labute approximate surface area is 265 Å². The Balaban J connectivity index is 1.26. The maximum atomic E-state index is 13.1. The van der Waals surface area contributed by atoms with Gasteiger partial charge in [0.2, 0.25) is 0 Å². The minimum Gasteiger partial charge on any atom is -0.478 e. The van der Waals surface area contributed by atoms with Crippen molar-refractivity contribution in [2.45, 2.75) is 0 Å². The lowest BCUT2D eigenvalue weighted by Gasteiger charge is -2.12. The van der Waals surface area contributed by atoms with Gasteiger partial charge in [-0.2, -0.15) is 0 Å². The minimum absolute atomic E-state index is 0.0401. The number of hydrogen-bond acceptors (Lipinski definition) is 9. The summed E-state index contributed by atoms with van der Waals surface area (Å²) in [5.74, 6) is -1.23. The highest BCUT2D eigenvalue weighted by Crippen LogP contribution is 2.27. The number of ether oxygens (including phenoxy) is 2. The summed E-state index contributed by atoms with van der Waals surface area (Å²) in [4.78, 5) is 58.6. The van der Waals surface area contributed by atoms with E-state index < -0.39 is 27.6 Å². The van der Waals surface area contributed by atoms with Crippen LogP contribution in [-0.4, -0.2) is 32.7 Å². The van der Waals surface area contributed by atoms with Crippen LogP contribution >= 0.6 is 0 Å². The molecule has 5 aromatic rings. The van der Waals surface area contributed by atoms with E-state index in [0.29, 0.717) is 22.9 Å². The van der Waals surface area contributed by atoms with Crippen molar-refractivity contribution < 1.29 is 38.8 Å². The van der Waals surface area contributed by atoms with Crippen LogP contribution in [0.1, 0.15) is 31.1 Å². The van der Waals surface area contributed by atoms with Gasteiger partial charge in [0, 0.05) is 46.8 Å². The van der Waals surface area contributed by atoms with E-state index >= 15 is 0 Å². The summed E-state index contributed by atoms with van der Waals surface area (Å²) in [6.07, 6.45) is 0. The first kappa shape index (κ1) is 31.3. The molecule has 3 N–H and O–H groups in total. The number of carbonyl (C=O) groups excluding carboxylic acids is 2. The summed E-state index contributed by atoms with van der Waals surface area (Å²) in [5.41, 5.74) is 0.108. The van der Waals surface area contributed by atoms with E-state index in [1.54, 1.807) is 36.4 Å². The summed E-state index contributed by atoms with van der Waals surface area (Å²) in [6.45, 7) is 0. The van der Waals surface area contributed by atoms with Crippen molar-refractivity contribution in [3.8, 4) is 23.0 Å². The Morgan fingerprint density at radius 2 is 1.00 bits per heavy atom. The van der Waals surface area contributed by atoms with Gasteiger partial charge in [0.25, 0.3) is 23.2 Å². The molecule has 5 aromatic carbocycles. The molecule has 0 radical (unpaired) electrons. The molecule has 0 atom stereocenters. The van der Waals surface area contributed by atoms with Gasteiger partial charge in [-0.15, -0.1) is 0 Å². The van der Waals surface area contributed by atoms with Gasteiger partial charge in [-0.05, 0) is 84.9 Å². The number of non-ortho nitro benzene ring substituents is 2. The molecule has 0 saturated carbocycles. The highest BCUT2D eigenvalue weighted by atomic mass is 16.6. The van der Waals surface area contributed by atoms with Crippen LogP contribution in [0.15, 0.2) is 115 Å². The van der Waals surface area contributed by atoms with Crippen molar-refractivity contribution >= 4 is 40.5 Å². The quantitative estimate of drug-likeness (QED) is 0.0978. The molecule has 0 saturated heterocycles. The lowest BCUT2D eigenvalue weighted by molar-refractivity contribution is -0.385. The van der Waals surface area contributed by atoms with Crippen molar-refractivity contribution in [1.29, 1.82) is 0 Å². The van der Waals surface area contributed by atoms with Crippen LogP contribution in [0.5, 0.6) is 23.0 Å². The number of benzene rings is 5. The third-order valence-electron chi connectivity index (χ3n) is 6.47. The topological polar surface area (TPSA) is 200 Å². The van der Waals surface area contributed by atoms with E-state index in [-0.39, 0.29) is 39.5 Å². The van der Waals surface area contributed by atoms with Crippen LogP contribution in [0, 0.1) is 20.2 Å². The lowest BCUT2D eigenvalue weighted by atomic mass is 10.1. The molecule has 0 spiro atoms. The van der Waals surface area contributed by atoms with E-state index in [0.717, 1.165) is 6.07 Å². The summed E-state index contributed by atoms with van der Waals surface area (Å²) in [5, 5.41) is 36.6. The molecule has 14 heteroatoms. The SMILES string of the molecule is O=C(O)c1cc(NC(=O)c2cccc(Oc3ccc([N+](=O)[O-])cc3)c2)cc(C(=O)Nc2ccc(Oc3ccc([N+](=O)[O-])cc3)cc2)c1.